The molecule has 0 aliphatic heterocycles. The number of alkyl halides is 2. The molecule has 0 bridgehead atoms. The molecule has 0 atom stereocenters. The van der Waals surface area contributed by atoms with E-state index in [-0.39, 0.29) is 4.88 Å². The van der Waals surface area contributed by atoms with Crippen LogP contribution in [0.5, 0.6) is 5.75 Å². The summed E-state index contributed by atoms with van der Waals surface area (Å²) in [5.41, 5.74) is 4.87. The molecule has 3 N–H and O–H groups in total. The Morgan fingerprint density at radius 3 is 2.82 bits per heavy atom. The van der Waals surface area contributed by atoms with Crippen LogP contribution in [0, 0.1) is 6.92 Å². The predicted octanol–water partition coefficient (Wildman–Crippen LogP) is 1.39. The molecular formula is C10H14F2N2O2S. The second-order valence-corrected chi connectivity index (χ2v) is 4.75. The van der Waals surface area contributed by atoms with Crippen LogP contribution in [0.3, 0.4) is 0 Å². The molecular weight excluding hydrogens is 250 g/mol. The third-order valence-corrected chi connectivity index (χ3v) is 3.08. The molecule has 0 aliphatic rings. The highest BCUT2D eigenvalue weighted by molar-refractivity contribution is 7.14. The van der Waals surface area contributed by atoms with Gasteiger partial charge in [-0.2, -0.15) is 0 Å². The number of aryl methyl sites for hydroxylation is 1. The Morgan fingerprint density at radius 1 is 1.65 bits per heavy atom. The summed E-state index contributed by atoms with van der Waals surface area (Å²) >= 11 is 1.19. The van der Waals surface area contributed by atoms with Crippen molar-refractivity contribution in [2.75, 3.05) is 20.2 Å². The minimum Gasteiger partial charge on any atom is -0.495 e. The molecule has 0 aromatic carbocycles. The van der Waals surface area contributed by atoms with Gasteiger partial charge in [0.25, 0.3) is 11.8 Å². The van der Waals surface area contributed by atoms with Crippen molar-refractivity contribution >= 4 is 17.2 Å². The van der Waals surface area contributed by atoms with Crippen molar-refractivity contribution in [3.05, 3.63) is 15.8 Å². The van der Waals surface area contributed by atoms with Crippen LogP contribution >= 0.6 is 11.3 Å². The lowest BCUT2D eigenvalue weighted by Gasteiger charge is -2.14. The first-order valence-electron chi connectivity index (χ1n) is 4.90. The Morgan fingerprint density at radius 2 is 2.29 bits per heavy atom. The number of halogens is 2. The van der Waals surface area contributed by atoms with Gasteiger partial charge in [0.15, 0.2) is 0 Å². The molecule has 1 aromatic rings. The first-order valence-corrected chi connectivity index (χ1v) is 5.72. The van der Waals surface area contributed by atoms with Crippen LogP contribution in [0.4, 0.5) is 8.78 Å². The summed E-state index contributed by atoms with van der Waals surface area (Å²) in [5.74, 6) is -3.27. The Labute approximate surface area is 102 Å². The van der Waals surface area contributed by atoms with Crippen molar-refractivity contribution < 1.29 is 18.3 Å². The lowest BCUT2D eigenvalue weighted by Crippen LogP contribution is -2.41. The zero-order valence-corrected chi connectivity index (χ0v) is 10.4. The summed E-state index contributed by atoms with van der Waals surface area (Å²) in [6, 6.07) is 1.68. The second kappa shape index (κ2) is 5.42. The van der Waals surface area contributed by atoms with Crippen LogP contribution in [-0.2, 0) is 0 Å². The van der Waals surface area contributed by atoms with Crippen LogP contribution in [-0.4, -0.2) is 32.0 Å². The average Bonchev–Trinajstić information content (AvgIpc) is 2.67. The summed E-state index contributed by atoms with van der Waals surface area (Å²) in [5, 5.41) is 2.14. The maximum atomic E-state index is 12.8. The summed E-state index contributed by atoms with van der Waals surface area (Å²) < 4.78 is 30.7. The molecule has 1 heterocycles. The highest BCUT2D eigenvalue weighted by Gasteiger charge is 2.28. The summed E-state index contributed by atoms with van der Waals surface area (Å²) in [6.45, 7) is 0.231. The minimum absolute atomic E-state index is 0.290. The smallest absolute Gasteiger partial charge is 0.277 e. The number of hydrogen-bond donors (Lipinski definition) is 2. The first-order chi connectivity index (χ1) is 7.89. The number of hydrogen-bond acceptors (Lipinski definition) is 4. The average molecular weight is 264 g/mol. The Bertz CT molecular complexity index is 407. The molecule has 0 fully saturated rings. The molecule has 17 heavy (non-hydrogen) atoms. The van der Waals surface area contributed by atoms with Gasteiger partial charge < -0.3 is 15.8 Å². The molecule has 4 nitrogen and oxygen atoms in total. The van der Waals surface area contributed by atoms with Gasteiger partial charge in [0.1, 0.15) is 10.6 Å². The van der Waals surface area contributed by atoms with E-state index < -0.39 is 24.9 Å². The van der Waals surface area contributed by atoms with E-state index in [1.165, 1.54) is 18.4 Å². The van der Waals surface area contributed by atoms with E-state index in [2.05, 4.69) is 5.32 Å². The van der Waals surface area contributed by atoms with E-state index in [4.69, 9.17) is 10.5 Å². The van der Waals surface area contributed by atoms with Crippen molar-refractivity contribution in [2.24, 2.45) is 5.73 Å². The van der Waals surface area contributed by atoms with E-state index in [0.29, 0.717) is 5.75 Å². The summed E-state index contributed by atoms with van der Waals surface area (Å²) in [7, 11) is 1.42. The van der Waals surface area contributed by atoms with Crippen LogP contribution in [0.1, 0.15) is 14.5 Å². The normalized spacial score (nSPS) is 11.4. The number of nitrogens with one attached hydrogen (secondary N) is 1. The van der Waals surface area contributed by atoms with Gasteiger partial charge in [-0.15, -0.1) is 11.3 Å². The Hall–Kier alpha value is -1.21. The van der Waals surface area contributed by atoms with Crippen molar-refractivity contribution in [1.82, 2.24) is 5.32 Å². The molecule has 0 saturated heterocycles. The van der Waals surface area contributed by atoms with E-state index in [1.54, 1.807) is 13.0 Å². The first kappa shape index (κ1) is 13.9. The number of carbonyl (C=O) groups is 1. The standard InChI is InChI=1S/C10H14F2N2O2S/c1-6-3-7(16-2)8(17-6)9(15)14-5-10(11,12)4-13/h3H,4-5,13H2,1-2H3,(H,14,15). The van der Waals surface area contributed by atoms with Gasteiger partial charge >= 0.3 is 0 Å². The minimum atomic E-state index is -3.09. The third-order valence-electron chi connectivity index (χ3n) is 2.05. The monoisotopic (exact) mass is 264 g/mol. The maximum absolute atomic E-state index is 12.8. The molecule has 0 radical (unpaired) electrons. The zero-order valence-electron chi connectivity index (χ0n) is 9.55. The van der Waals surface area contributed by atoms with E-state index >= 15 is 0 Å². The molecule has 0 unspecified atom stereocenters. The fourth-order valence-corrected chi connectivity index (χ4v) is 2.06. The SMILES string of the molecule is COc1cc(C)sc1C(=O)NCC(F)(F)CN. The van der Waals surface area contributed by atoms with Crippen LogP contribution in [0.25, 0.3) is 0 Å². The fourth-order valence-electron chi connectivity index (χ4n) is 1.16. The van der Waals surface area contributed by atoms with Crippen molar-refractivity contribution in [3.63, 3.8) is 0 Å². The number of rotatable bonds is 5. The fraction of sp³-hybridized carbons (Fsp3) is 0.500. The molecule has 1 rings (SSSR count). The lowest BCUT2D eigenvalue weighted by molar-refractivity contribution is 0.0119. The predicted molar refractivity (Wildman–Crippen MR) is 61.9 cm³/mol. The van der Waals surface area contributed by atoms with Crippen LogP contribution < -0.4 is 15.8 Å². The number of thiophene rings is 1. The third kappa shape index (κ3) is 3.64. The second-order valence-electron chi connectivity index (χ2n) is 3.50. The number of ether oxygens (including phenoxy) is 1. The highest BCUT2D eigenvalue weighted by atomic mass is 32.1. The lowest BCUT2D eigenvalue weighted by atomic mass is 10.3. The number of carbonyl (C=O) groups excluding carboxylic acids is 1. The van der Waals surface area contributed by atoms with Gasteiger partial charge in [0.05, 0.1) is 20.2 Å². The summed E-state index contributed by atoms with van der Waals surface area (Å²) in [4.78, 5) is 12.8. The molecule has 1 aromatic heterocycles. The van der Waals surface area contributed by atoms with Crippen molar-refractivity contribution in [3.8, 4) is 5.75 Å². The molecule has 0 aliphatic carbocycles. The van der Waals surface area contributed by atoms with Gasteiger partial charge in [-0.05, 0) is 13.0 Å². The maximum Gasteiger partial charge on any atom is 0.277 e. The number of methoxy groups -OCH3 is 1. The van der Waals surface area contributed by atoms with E-state index in [0.717, 1.165) is 4.88 Å². The Balaban J connectivity index is 2.70. The molecule has 1 amide bonds. The Kier molecular flexibility index (Phi) is 4.41. The highest BCUT2D eigenvalue weighted by Crippen LogP contribution is 2.28. The van der Waals surface area contributed by atoms with Crippen LogP contribution in [0.2, 0.25) is 0 Å². The van der Waals surface area contributed by atoms with Gasteiger partial charge in [-0.3, -0.25) is 4.79 Å². The quantitative estimate of drug-likeness (QED) is 0.844. The van der Waals surface area contributed by atoms with Crippen LogP contribution in [0.15, 0.2) is 6.07 Å². The van der Waals surface area contributed by atoms with E-state index in [1.807, 2.05) is 0 Å². The summed E-state index contributed by atoms with van der Waals surface area (Å²) in [6.07, 6.45) is 0. The van der Waals surface area contributed by atoms with Gasteiger partial charge in [0, 0.05) is 4.88 Å². The van der Waals surface area contributed by atoms with Crippen molar-refractivity contribution in [2.45, 2.75) is 12.8 Å². The van der Waals surface area contributed by atoms with Gasteiger partial charge in [0.2, 0.25) is 0 Å². The number of amides is 1. The molecule has 0 saturated carbocycles. The molecule has 96 valence electrons. The molecule has 0 spiro atoms. The molecule has 7 heteroatoms. The largest absolute Gasteiger partial charge is 0.495 e. The topological polar surface area (TPSA) is 64.3 Å². The van der Waals surface area contributed by atoms with Gasteiger partial charge in [-0.1, -0.05) is 0 Å². The zero-order chi connectivity index (χ0) is 13.1. The van der Waals surface area contributed by atoms with Gasteiger partial charge in [-0.25, -0.2) is 8.78 Å². The number of nitrogens with two attached hydrogens (primary N) is 1. The van der Waals surface area contributed by atoms with Crippen molar-refractivity contribution in [1.29, 1.82) is 0 Å². The van der Waals surface area contributed by atoms with E-state index in [9.17, 15) is 13.6 Å².